The first kappa shape index (κ1) is 20.0. The molecule has 0 aliphatic carbocycles. The fourth-order valence-electron chi connectivity index (χ4n) is 2.26. The number of amides is 2. The van der Waals surface area contributed by atoms with E-state index < -0.39 is 11.7 Å². The smallest absolute Gasteiger partial charge is 0.256 e. The van der Waals surface area contributed by atoms with E-state index in [0.717, 1.165) is 0 Å². The number of nitrogens with zero attached hydrogens (tertiary/aromatic N) is 1. The molecule has 2 aromatic carbocycles. The zero-order valence-corrected chi connectivity index (χ0v) is 16.9. The van der Waals surface area contributed by atoms with E-state index in [2.05, 4.69) is 5.32 Å². The van der Waals surface area contributed by atoms with Gasteiger partial charge >= 0.3 is 0 Å². The van der Waals surface area contributed by atoms with E-state index in [0.29, 0.717) is 20.6 Å². The SMILES string of the molecule is COc1cc(NC(=O)c2ccc(F)cc2I)c(C(=O)N(C)C)cc1OC. The van der Waals surface area contributed by atoms with Crippen LogP contribution in [0.25, 0.3) is 0 Å². The number of benzene rings is 2. The summed E-state index contributed by atoms with van der Waals surface area (Å²) in [6.07, 6.45) is 0. The molecule has 0 saturated carbocycles. The Kier molecular flexibility index (Phi) is 6.41. The minimum atomic E-state index is -0.463. The molecular formula is C18H18FIN2O4. The maximum absolute atomic E-state index is 13.3. The van der Waals surface area contributed by atoms with Crippen LogP contribution in [0.4, 0.5) is 10.1 Å². The van der Waals surface area contributed by atoms with Gasteiger partial charge in [0.15, 0.2) is 11.5 Å². The maximum Gasteiger partial charge on any atom is 0.256 e. The van der Waals surface area contributed by atoms with Crippen LogP contribution in [0.5, 0.6) is 11.5 Å². The number of nitrogens with one attached hydrogen (secondary N) is 1. The molecule has 2 rings (SSSR count). The van der Waals surface area contributed by atoms with E-state index in [1.165, 1.54) is 49.5 Å². The molecule has 2 amide bonds. The number of ether oxygens (including phenoxy) is 2. The molecule has 0 aliphatic heterocycles. The van der Waals surface area contributed by atoms with Crippen molar-refractivity contribution < 1.29 is 23.5 Å². The summed E-state index contributed by atoms with van der Waals surface area (Å²) in [5, 5.41) is 2.70. The molecule has 0 saturated heterocycles. The minimum absolute atomic E-state index is 0.248. The van der Waals surface area contributed by atoms with Gasteiger partial charge in [-0.25, -0.2) is 4.39 Å². The summed E-state index contributed by atoms with van der Waals surface area (Å²) in [6, 6.07) is 6.88. The summed E-state index contributed by atoms with van der Waals surface area (Å²) in [6.45, 7) is 0. The monoisotopic (exact) mass is 472 g/mol. The van der Waals surface area contributed by atoms with Gasteiger partial charge in [-0.05, 0) is 46.9 Å². The van der Waals surface area contributed by atoms with Gasteiger partial charge in [-0.15, -0.1) is 0 Å². The van der Waals surface area contributed by atoms with Gasteiger partial charge < -0.3 is 19.7 Å². The summed E-state index contributed by atoms with van der Waals surface area (Å²) in [5.74, 6) is -0.469. The average Bonchev–Trinajstić information content (AvgIpc) is 2.60. The topological polar surface area (TPSA) is 67.9 Å². The van der Waals surface area contributed by atoms with E-state index in [-0.39, 0.29) is 17.2 Å². The Hall–Kier alpha value is -2.36. The molecular weight excluding hydrogens is 454 g/mol. The first-order chi connectivity index (χ1) is 12.3. The van der Waals surface area contributed by atoms with E-state index in [1.807, 2.05) is 22.6 Å². The number of hydrogen-bond donors (Lipinski definition) is 1. The molecule has 0 bridgehead atoms. The molecule has 0 aliphatic rings. The van der Waals surface area contributed by atoms with E-state index in [9.17, 15) is 14.0 Å². The molecule has 0 radical (unpaired) electrons. The number of carbonyl (C=O) groups is 2. The first-order valence-corrected chi connectivity index (χ1v) is 8.60. The summed E-state index contributed by atoms with van der Waals surface area (Å²) >= 11 is 1.88. The molecule has 0 spiro atoms. The Morgan fingerprint density at radius 2 is 1.65 bits per heavy atom. The Morgan fingerprint density at radius 1 is 1.04 bits per heavy atom. The number of methoxy groups -OCH3 is 2. The number of halogens is 2. The zero-order valence-electron chi connectivity index (χ0n) is 14.7. The van der Waals surface area contributed by atoms with Gasteiger partial charge in [-0.1, -0.05) is 0 Å². The van der Waals surface area contributed by atoms with Crippen molar-refractivity contribution in [3.8, 4) is 11.5 Å². The van der Waals surface area contributed by atoms with Crippen LogP contribution in [-0.4, -0.2) is 45.0 Å². The fourth-order valence-corrected chi connectivity index (χ4v) is 2.99. The van der Waals surface area contributed by atoms with Crippen molar-refractivity contribution >= 4 is 40.1 Å². The number of anilines is 1. The quantitative estimate of drug-likeness (QED) is 0.678. The lowest BCUT2D eigenvalue weighted by molar-refractivity contribution is 0.0828. The Labute approximate surface area is 164 Å². The highest BCUT2D eigenvalue weighted by Crippen LogP contribution is 2.34. The Bertz CT molecular complexity index is 855. The molecule has 0 unspecified atom stereocenters. The van der Waals surface area contributed by atoms with Crippen molar-refractivity contribution in [2.45, 2.75) is 0 Å². The van der Waals surface area contributed by atoms with Crippen molar-refractivity contribution in [2.24, 2.45) is 0 Å². The van der Waals surface area contributed by atoms with E-state index >= 15 is 0 Å². The average molecular weight is 472 g/mol. The van der Waals surface area contributed by atoms with Gasteiger partial charge in [0.1, 0.15) is 5.82 Å². The number of carbonyl (C=O) groups excluding carboxylic acids is 2. The lowest BCUT2D eigenvalue weighted by Crippen LogP contribution is -2.24. The minimum Gasteiger partial charge on any atom is -0.493 e. The molecule has 0 aromatic heterocycles. The molecule has 0 atom stereocenters. The predicted octanol–water partition coefficient (Wildman–Crippen LogP) is 3.40. The first-order valence-electron chi connectivity index (χ1n) is 7.52. The fraction of sp³-hybridized carbons (Fsp3) is 0.222. The van der Waals surface area contributed by atoms with Crippen LogP contribution < -0.4 is 14.8 Å². The predicted molar refractivity (Wildman–Crippen MR) is 105 cm³/mol. The molecule has 0 fully saturated rings. The zero-order chi connectivity index (χ0) is 19.4. The van der Waals surface area contributed by atoms with Crippen molar-refractivity contribution in [1.82, 2.24) is 4.90 Å². The molecule has 138 valence electrons. The third-order valence-electron chi connectivity index (χ3n) is 3.58. The molecule has 26 heavy (non-hydrogen) atoms. The van der Waals surface area contributed by atoms with Crippen LogP contribution in [0.2, 0.25) is 0 Å². The van der Waals surface area contributed by atoms with Crippen LogP contribution in [0.3, 0.4) is 0 Å². The lowest BCUT2D eigenvalue weighted by Gasteiger charge is -2.18. The van der Waals surface area contributed by atoms with Crippen LogP contribution in [-0.2, 0) is 0 Å². The number of rotatable bonds is 5. The van der Waals surface area contributed by atoms with Gasteiger partial charge in [0.05, 0.1) is 31.0 Å². The van der Waals surface area contributed by atoms with Gasteiger partial charge in [-0.2, -0.15) is 0 Å². The largest absolute Gasteiger partial charge is 0.493 e. The second-order valence-corrected chi connectivity index (χ2v) is 6.69. The van der Waals surface area contributed by atoms with Crippen LogP contribution in [0.15, 0.2) is 30.3 Å². The lowest BCUT2D eigenvalue weighted by atomic mass is 10.1. The van der Waals surface area contributed by atoms with Gasteiger partial charge in [0, 0.05) is 23.7 Å². The maximum atomic E-state index is 13.3. The standard InChI is InChI=1S/C18H18FIN2O4/c1-22(2)18(24)12-8-15(25-3)16(26-4)9-14(12)21-17(23)11-6-5-10(19)7-13(11)20/h5-9H,1-4H3,(H,21,23). The van der Waals surface area contributed by atoms with Crippen molar-refractivity contribution in [3.63, 3.8) is 0 Å². The highest BCUT2D eigenvalue weighted by Gasteiger charge is 2.21. The molecule has 8 heteroatoms. The van der Waals surface area contributed by atoms with Crippen LogP contribution >= 0.6 is 22.6 Å². The summed E-state index contributed by atoms with van der Waals surface area (Å²) in [4.78, 5) is 26.5. The normalized spacial score (nSPS) is 10.2. The Morgan fingerprint density at radius 3 is 2.19 bits per heavy atom. The van der Waals surface area contributed by atoms with Gasteiger partial charge in [0.25, 0.3) is 11.8 Å². The number of hydrogen-bond acceptors (Lipinski definition) is 4. The Balaban J connectivity index is 2.49. The van der Waals surface area contributed by atoms with Crippen molar-refractivity contribution in [3.05, 3.63) is 50.8 Å². The highest BCUT2D eigenvalue weighted by atomic mass is 127. The summed E-state index contributed by atoms with van der Waals surface area (Å²) < 4.78 is 24.2. The summed E-state index contributed by atoms with van der Waals surface area (Å²) in [7, 11) is 6.13. The second kappa shape index (κ2) is 8.35. The van der Waals surface area contributed by atoms with E-state index in [4.69, 9.17) is 9.47 Å². The van der Waals surface area contributed by atoms with Gasteiger partial charge in [-0.3, -0.25) is 9.59 Å². The van der Waals surface area contributed by atoms with Crippen molar-refractivity contribution in [1.29, 1.82) is 0 Å². The molecule has 2 aromatic rings. The molecule has 1 N–H and O–H groups in total. The third-order valence-corrected chi connectivity index (χ3v) is 4.48. The summed E-state index contributed by atoms with van der Waals surface area (Å²) in [5.41, 5.74) is 0.814. The van der Waals surface area contributed by atoms with Crippen LogP contribution in [0.1, 0.15) is 20.7 Å². The molecule has 0 heterocycles. The molecule has 6 nitrogen and oxygen atoms in total. The van der Waals surface area contributed by atoms with Crippen LogP contribution in [0, 0.1) is 9.39 Å². The van der Waals surface area contributed by atoms with Crippen molar-refractivity contribution in [2.75, 3.05) is 33.6 Å². The second-order valence-electron chi connectivity index (χ2n) is 5.53. The van der Waals surface area contributed by atoms with Gasteiger partial charge in [0.2, 0.25) is 0 Å². The third kappa shape index (κ3) is 4.24. The highest BCUT2D eigenvalue weighted by molar-refractivity contribution is 14.1. The van der Waals surface area contributed by atoms with E-state index in [1.54, 1.807) is 14.1 Å².